The van der Waals surface area contributed by atoms with Gasteiger partial charge in [0.1, 0.15) is 22.9 Å². The third-order valence-electron chi connectivity index (χ3n) is 5.36. The summed E-state index contributed by atoms with van der Waals surface area (Å²) in [5, 5.41) is 2.83. The lowest BCUT2D eigenvalue weighted by atomic mass is 10.1. The van der Waals surface area contributed by atoms with E-state index in [-0.39, 0.29) is 17.2 Å². The molecule has 0 spiro atoms. The number of nitrogens with zero attached hydrogens (tertiary/aromatic N) is 1. The molecule has 0 aliphatic rings. The quantitative estimate of drug-likeness (QED) is 0.474. The number of hydrogen-bond acceptors (Lipinski definition) is 5. The summed E-state index contributed by atoms with van der Waals surface area (Å²) < 4.78 is 39.0. The molecule has 1 N–H and O–H groups in total. The SMILES string of the molecule is COc1ccc(CCNC(=O)CN(c2cccc(C)c2)S(=O)(=O)c2cc(C)ccc2OC)cc1. The Bertz CT molecular complexity index is 1240. The average Bonchev–Trinajstić information content (AvgIpc) is 2.83. The predicted octanol–water partition coefficient (Wildman–Crippen LogP) is 3.87. The molecular formula is C26H30N2O5S. The van der Waals surface area contributed by atoms with Gasteiger partial charge in [0, 0.05) is 6.54 Å². The summed E-state index contributed by atoms with van der Waals surface area (Å²) in [6.07, 6.45) is 0.610. The van der Waals surface area contributed by atoms with Crippen LogP contribution in [0.15, 0.2) is 71.6 Å². The maximum absolute atomic E-state index is 13.7. The first kappa shape index (κ1) is 25.1. The number of amides is 1. The molecule has 0 saturated heterocycles. The molecule has 0 saturated carbocycles. The summed E-state index contributed by atoms with van der Waals surface area (Å²) in [6, 6.07) is 19.6. The number of nitrogens with one attached hydrogen (secondary N) is 1. The highest BCUT2D eigenvalue weighted by Gasteiger charge is 2.30. The van der Waals surface area contributed by atoms with Crippen molar-refractivity contribution >= 4 is 21.6 Å². The maximum atomic E-state index is 13.7. The van der Waals surface area contributed by atoms with Crippen LogP contribution in [0, 0.1) is 13.8 Å². The molecule has 0 unspecified atom stereocenters. The normalized spacial score (nSPS) is 11.1. The lowest BCUT2D eigenvalue weighted by Gasteiger charge is -2.25. The Morgan fingerprint density at radius 1 is 0.912 bits per heavy atom. The molecule has 3 aromatic rings. The number of hydrogen-bond donors (Lipinski definition) is 1. The topological polar surface area (TPSA) is 84.9 Å². The zero-order chi connectivity index (χ0) is 24.7. The summed E-state index contributed by atoms with van der Waals surface area (Å²) in [5.41, 5.74) is 3.10. The van der Waals surface area contributed by atoms with Gasteiger partial charge in [-0.25, -0.2) is 8.42 Å². The van der Waals surface area contributed by atoms with Crippen LogP contribution < -0.4 is 19.1 Å². The number of sulfonamides is 1. The van der Waals surface area contributed by atoms with Gasteiger partial charge in [-0.3, -0.25) is 9.10 Å². The highest BCUT2D eigenvalue weighted by molar-refractivity contribution is 7.93. The fourth-order valence-corrected chi connectivity index (χ4v) is 5.18. The van der Waals surface area contributed by atoms with Gasteiger partial charge in [-0.1, -0.05) is 30.3 Å². The third-order valence-corrected chi connectivity index (χ3v) is 7.15. The molecule has 3 rings (SSSR count). The van der Waals surface area contributed by atoms with Crippen LogP contribution in [0.5, 0.6) is 11.5 Å². The zero-order valence-electron chi connectivity index (χ0n) is 19.9. The van der Waals surface area contributed by atoms with Crippen LogP contribution >= 0.6 is 0 Å². The van der Waals surface area contributed by atoms with Crippen molar-refractivity contribution in [3.63, 3.8) is 0 Å². The van der Waals surface area contributed by atoms with E-state index in [9.17, 15) is 13.2 Å². The van der Waals surface area contributed by atoms with E-state index in [4.69, 9.17) is 9.47 Å². The van der Waals surface area contributed by atoms with E-state index in [0.717, 1.165) is 26.7 Å². The highest BCUT2D eigenvalue weighted by Crippen LogP contribution is 2.31. The first-order valence-electron chi connectivity index (χ1n) is 10.9. The first-order chi connectivity index (χ1) is 16.2. The molecule has 0 atom stereocenters. The van der Waals surface area contributed by atoms with Gasteiger partial charge in [0.25, 0.3) is 10.0 Å². The van der Waals surface area contributed by atoms with E-state index in [1.165, 1.54) is 7.11 Å². The number of benzene rings is 3. The molecule has 34 heavy (non-hydrogen) atoms. The van der Waals surface area contributed by atoms with Crippen molar-refractivity contribution in [3.8, 4) is 11.5 Å². The third kappa shape index (κ3) is 6.08. The Kier molecular flexibility index (Phi) is 8.17. The monoisotopic (exact) mass is 482 g/mol. The Morgan fingerprint density at radius 2 is 1.62 bits per heavy atom. The first-order valence-corrected chi connectivity index (χ1v) is 12.3. The lowest BCUT2D eigenvalue weighted by molar-refractivity contribution is -0.119. The molecule has 3 aromatic carbocycles. The molecule has 0 radical (unpaired) electrons. The Balaban J connectivity index is 1.82. The smallest absolute Gasteiger partial charge is 0.268 e. The number of anilines is 1. The minimum atomic E-state index is -4.08. The van der Waals surface area contributed by atoms with Crippen molar-refractivity contribution < 1.29 is 22.7 Å². The Morgan fingerprint density at radius 3 is 2.26 bits per heavy atom. The van der Waals surface area contributed by atoms with E-state index in [2.05, 4.69) is 5.32 Å². The van der Waals surface area contributed by atoms with Gasteiger partial charge in [0.2, 0.25) is 5.91 Å². The molecule has 0 bridgehead atoms. The van der Waals surface area contributed by atoms with Crippen molar-refractivity contribution in [2.24, 2.45) is 0 Å². The number of carbonyl (C=O) groups is 1. The highest BCUT2D eigenvalue weighted by atomic mass is 32.2. The van der Waals surface area contributed by atoms with Gasteiger partial charge >= 0.3 is 0 Å². The summed E-state index contributed by atoms with van der Waals surface area (Å²) in [4.78, 5) is 12.8. The average molecular weight is 483 g/mol. The molecule has 0 aliphatic heterocycles. The molecule has 0 aromatic heterocycles. The zero-order valence-corrected chi connectivity index (χ0v) is 20.7. The van der Waals surface area contributed by atoms with Gasteiger partial charge < -0.3 is 14.8 Å². The van der Waals surface area contributed by atoms with Gasteiger partial charge in [-0.05, 0) is 73.4 Å². The van der Waals surface area contributed by atoms with Gasteiger partial charge in [-0.15, -0.1) is 0 Å². The molecule has 0 aliphatic carbocycles. The molecule has 1 amide bonds. The summed E-state index contributed by atoms with van der Waals surface area (Å²) in [7, 11) is -1.05. The number of aryl methyl sites for hydroxylation is 2. The van der Waals surface area contributed by atoms with Gasteiger partial charge in [-0.2, -0.15) is 0 Å². The Hall–Kier alpha value is -3.52. The van der Waals surface area contributed by atoms with E-state index in [1.54, 1.807) is 50.4 Å². The fourth-order valence-electron chi connectivity index (χ4n) is 3.53. The fraction of sp³-hybridized carbons (Fsp3) is 0.269. The number of carbonyl (C=O) groups excluding carboxylic acids is 1. The summed E-state index contributed by atoms with van der Waals surface area (Å²) in [5.74, 6) is 0.590. The predicted molar refractivity (Wildman–Crippen MR) is 133 cm³/mol. The molecule has 8 heteroatoms. The van der Waals surface area contributed by atoms with Crippen LogP contribution in [0.2, 0.25) is 0 Å². The standard InChI is InChI=1S/C26H30N2O5S/c1-19-6-5-7-22(16-19)28(34(30,31)25-17-20(2)8-13-24(25)33-4)18-26(29)27-15-14-21-9-11-23(32-3)12-10-21/h5-13,16-17H,14-15,18H2,1-4H3,(H,27,29). The van der Waals surface area contributed by atoms with Crippen molar-refractivity contribution in [1.82, 2.24) is 5.32 Å². The van der Waals surface area contributed by atoms with E-state index in [0.29, 0.717) is 18.7 Å². The van der Waals surface area contributed by atoms with Gasteiger partial charge in [0.15, 0.2) is 0 Å². The van der Waals surface area contributed by atoms with Crippen LogP contribution in [0.25, 0.3) is 0 Å². The minimum absolute atomic E-state index is 0.0162. The molecule has 0 heterocycles. The number of ether oxygens (including phenoxy) is 2. The minimum Gasteiger partial charge on any atom is -0.497 e. The molecule has 180 valence electrons. The second kappa shape index (κ2) is 11.1. The van der Waals surface area contributed by atoms with Crippen LogP contribution in [0.3, 0.4) is 0 Å². The van der Waals surface area contributed by atoms with E-state index in [1.807, 2.05) is 37.3 Å². The van der Waals surface area contributed by atoms with Crippen LogP contribution in [0.4, 0.5) is 5.69 Å². The van der Waals surface area contributed by atoms with Crippen LogP contribution in [0.1, 0.15) is 16.7 Å². The molecule has 0 fully saturated rings. The maximum Gasteiger partial charge on any atom is 0.268 e. The largest absolute Gasteiger partial charge is 0.497 e. The van der Waals surface area contributed by atoms with E-state index >= 15 is 0 Å². The van der Waals surface area contributed by atoms with Gasteiger partial charge in [0.05, 0.1) is 19.9 Å². The van der Waals surface area contributed by atoms with E-state index < -0.39 is 15.9 Å². The molecular weight excluding hydrogens is 452 g/mol. The van der Waals surface area contributed by atoms with Crippen LogP contribution in [-0.4, -0.2) is 41.6 Å². The Labute approximate surface area is 201 Å². The van der Waals surface area contributed by atoms with Crippen molar-refractivity contribution in [2.45, 2.75) is 25.2 Å². The van der Waals surface area contributed by atoms with Crippen molar-refractivity contribution in [3.05, 3.63) is 83.4 Å². The van der Waals surface area contributed by atoms with Crippen LogP contribution in [-0.2, 0) is 21.2 Å². The summed E-state index contributed by atoms with van der Waals surface area (Å²) >= 11 is 0. The number of rotatable bonds is 10. The second-order valence-electron chi connectivity index (χ2n) is 7.95. The van der Waals surface area contributed by atoms with Crippen molar-refractivity contribution in [1.29, 1.82) is 0 Å². The molecule has 7 nitrogen and oxygen atoms in total. The second-order valence-corrected chi connectivity index (χ2v) is 9.78. The summed E-state index contributed by atoms with van der Waals surface area (Å²) in [6.45, 7) is 3.70. The lowest BCUT2D eigenvalue weighted by Crippen LogP contribution is -2.41. The number of methoxy groups -OCH3 is 2. The van der Waals surface area contributed by atoms with Crippen molar-refractivity contribution in [2.75, 3.05) is 31.6 Å².